The number of hydrogen-bond acceptors (Lipinski definition) is 3. The molecule has 3 nitrogen and oxygen atoms in total. The molecule has 2 aromatic rings. The molecule has 0 saturated heterocycles. The van der Waals surface area contributed by atoms with Gasteiger partial charge in [-0.2, -0.15) is 0 Å². The largest absolute Gasteiger partial charge is 0.392 e. The molecule has 1 aromatic carbocycles. The molecule has 90 valence electrons. The molecular formula is C13H16N2OS. The van der Waals surface area contributed by atoms with Crippen LogP contribution in [-0.4, -0.2) is 14.7 Å². The van der Waals surface area contributed by atoms with Gasteiger partial charge in [-0.15, -0.1) is 11.8 Å². The summed E-state index contributed by atoms with van der Waals surface area (Å²) in [7, 11) is 0. The molecule has 0 atom stereocenters. The lowest BCUT2D eigenvalue weighted by Crippen LogP contribution is -1.97. The van der Waals surface area contributed by atoms with Gasteiger partial charge in [-0.3, -0.25) is 0 Å². The minimum Gasteiger partial charge on any atom is -0.392 e. The first-order valence-corrected chi connectivity index (χ1v) is 6.63. The highest BCUT2D eigenvalue weighted by atomic mass is 32.2. The van der Waals surface area contributed by atoms with Gasteiger partial charge < -0.3 is 9.67 Å². The predicted molar refractivity (Wildman–Crippen MR) is 69.8 cm³/mol. The first-order chi connectivity index (χ1) is 8.33. The van der Waals surface area contributed by atoms with Crippen LogP contribution in [0.2, 0.25) is 0 Å². The van der Waals surface area contributed by atoms with Crippen molar-refractivity contribution in [3.8, 4) is 0 Å². The summed E-state index contributed by atoms with van der Waals surface area (Å²) in [5, 5.41) is 8.96. The molecule has 0 bridgehead atoms. The second kappa shape index (κ2) is 5.89. The van der Waals surface area contributed by atoms with E-state index in [-0.39, 0.29) is 6.61 Å². The van der Waals surface area contributed by atoms with Gasteiger partial charge in [0.2, 0.25) is 0 Å². The monoisotopic (exact) mass is 248 g/mol. The van der Waals surface area contributed by atoms with E-state index in [1.54, 1.807) is 11.8 Å². The van der Waals surface area contributed by atoms with Gasteiger partial charge in [0, 0.05) is 29.1 Å². The summed E-state index contributed by atoms with van der Waals surface area (Å²) in [5.74, 6) is 0.923. The zero-order valence-electron chi connectivity index (χ0n) is 9.84. The number of hydrogen-bond donors (Lipinski definition) is 1. The van der Waals surface area contributed by atoms with Crippen molar-refractivity contribution in [2.45, 2.75) is 30.7 Å². The second-order valence-electron chi connectivity index (χ2n) is 3.76. The zero-order chi connectivity index (χ0) is 12.1. The van der Waals surface area contributed by atoms with Crippen LogP contribution in [0.5, 0.6) is 0 Å². The number of aliphatic hydroxyl groups excluding tert-OH is 1. The number of thioether (sulfide) groups is 1. The Balaban J connectivity index is 1.97. The SMILES string of the molecule is CCn1cncc1CSc1ccc(CO)cc1. The molecular weight excluding hydrogens is 232 g/mol. The van der Waals surface area contributed by atoms with Gasteiger partial charge in [0.25, 0.3) is 0 Å². The van der Waals surface area contributed by atoms with Crippen LogP contribution in [-0.2, 0) is 18.9 Å². The summed E-state index contributed by atoms with van der Waals surface area (Å²) in [6.07, 6.45) is 3.78. The lowest BCUT2D eigenvalue weighted by atomic mass is 10.2. The number of benzene rings is 1. The Hall–Kier alpha value is -1.26. The van der Waals surface area contributed by atoms with Crippen LogP contribution in [0.3, 0.4) is 0 Å². The number of aromatic nitrogens is 2. The maximum Gasteiger partial charge on any atom is 0.0948 e. The number of imidazole rings is 1. The standard InChI is InChI=1S/C13H16N2OS/c1-2-15-10-14-7-12(15)9-17-13-5-3-11(8-16)4-6-13/h3-7,10,16H,2,8-9H2,1H3. The molecule has 0 spiro atoms. The Kier molecular flexibility index (Phi) is 4.23. The summed E-state index contributed by atoms with van der Waals surface area (Å²) < 4.78 is 2.15. The van der Waals surface area contributed by atoms with Gasteiger partial charge in [0.1, 0.15) is 0 Å². The fraction of sp³-hybridized carbons (Fsp3) is 0.308. The Morgan fingerprint density at radius 1 is 1.29 bits per heavy atom. The van der Waals surface area contributed by atoms with Crippen molar-refractivity contribution in [3.05, 3.63) is 48.0 Å². The maximum atomic E-state index is 8.96. The lowest BCUT2D eigenvalue weighted by molar-refractivity contribution is 0.282. The first kappa shape index (κ1) is 12.2. The zero-order valence-corrected chi connectivity index (χ0v) is 10.7. The summed E-state index contributed by atoms with van der Waals surface area (Å²) in [4.78, 5) is 5.36. The molecule has 4 heteroatoms. The van der Waals surface area contributed by atoms with Crippen LogP contribution < -0.4 is 0 Å². The van der Waals surface area contributed by atoms with Crippen molar-refractivity contribution >= 4 is 11.8 Å². The summed E-state index contributed by atoms with van der Waals surface area (Å²) >= 11 is 1.78. The predicted octanol–water partition coefficient (Wildman–Crippen LogP) is 2.69. The van der Waals surface area contributed by atoms with Gasteiger partial charge in [0.15, 0.2) is 0 Å². The second-order valence-corrected chi connectivity index (χ2v) is 4.81. The highest BCUT2D eigenvalue weighted by Gasteiger charge is 2.01. The van der Waals surface area contributed by atoms with Crippen molar-refractivity contribution < 1.29 is 5.11 Å². The molecule has 0 aliphatic heterocycles. The Morgan fingerprint density at radius 3 is 2.71 bits per heavy atom. The lowest BCUT2D eigenvalue weighted by Gasteiger charge is -2.05. The van der Waals surface area contributed by atoms with Crippen molar-refractivity contribution in [2.24, 2.45) is 0 Å². The average Bonchev–Trinajstić information content (AvgIpc) is 2.84. The molecule has 1 aromatic heterocycles. The van der Waals surface area contributed by atoms with E-state index in [1.165, 1.54) is 10.6 Å². The van der Waals surface area contributed by atoms with Crippen LogP contribution >= 0.6 is 11.8 Å². The van der Waals surface area contributed by atoms with Crippen LogP contribution in [0.1, 0.15) is 18.2 Å². The van der Waals surface area contributed by atoms with Crippen molar-refractivity contribution in [1.82, 2.24) is 9.55 Å². The van der Waals surface area contributed by atoms with Crippen molar-refractivity contribution in [3.63, 3.8) is 0 Å². The van der Waals surface area contributed by atoms with Gasteiger partial charge in [-0.25, -0.2) is 4.98 Å². The van der Waals surface area contributed by atoms with Gasteiger partial charge in [0.05, 0.1) is 12.9 Å². The molecule has 0 aliphatic carbocycles. The fourth-order valence-electron chi connectivity index (χ4n) is 1.60. The quantitative estimate of drug-likeness (QED) is 0.827. The average molecular weight is 248 g/mol. The minimum atomic E-state index is 0.105. The Morgan fingerprint density at radius 2 is 2.06 bits per heavy atom. The van der Waals surface area contributed by atoms with E-state index >= 15 is 0 Å². The van der Waals surface area contributed by atoms with Gasteiger partial charge in [-0.1, -0.05) is 12.1 Å². The van der Waals surface area contributed by atoms with E-state index in [2.05, 4.69) is 16.5 Å². The van der Waals surface area contributed by atoms with E-state index in [9.17, 15) is 0 Å². The van der Waals surface area contributed by atoms with E-state index in [0.717, 1.165) is 17.9 Å². The normalized spacial score (nSPS) is 10.7. The topological polar surface area (TPSA) is 38.0 Å². The molecule has 0 saturated carbocycles. The van der Waals surface area contributed by atoms with E-state index in [4.69, 9.17) is 5.11 Å². The molecule has 1 heterocycles. The van der Waals surface area contributed by atoms with E-state index in [0.29, 0.717) is 0 Å². The minimum absolute atomic E-state index is 0.105. The Bertz CT molecular complexity index is 465. The Labute approximate surface area is 106 Å². The fourth-order valence-corrected chi connectivity index (χ4v) is 2.48. The van der Waals surface area contributed by atoms with Gasteiger partial charge >= 0.3 is 0 Å². The highest BCUT2D eigenvalue weighted by Crippen LogP contribution is 2.22. The van der Waals surface area contributed by atoms with Crippen LogP contribution in [0, 0.1) is 0 Å². The number of rotatable bonds is 5. The molecule has 0 fully saturated rings. The number of nitrogens with zero attached hydrogens (tertiary/aromatic N) is 2. The number of aliphatic hydroxyl groups is 1. The third kappa shape index (κ3) is 3.11. The smallest absolute Gasteiger partial charge is 0.0948 e. The third-order valence-corrected chi connectivity index (χ3v) is 3.68. The van der Waals surface area contributed by atoms with Crippen LogP contribution in [0.4, 0.5) is 0 Å². The first-order valence-electron chi connectivity index (χ1n) is 5.65. The molecule has 0 radical (unpaired) electrons. The van der Waals surface area contributed by atoms with Crippen molar-refractivity contribution in [2.75, 3.05) is 0 Å². The molecule has 2 rings (SSSR count). The summed E-state index contributed by atoms with van der Waals surface area (Å²) in [6.45, 7) is 3.18. The third-order valence-electron chi connectivity index (χ3n) is 2.63. The molecule has 1 N–H and O–H groups in total. The molecule has 17 heavy (non-hydrogen) atoms. The molecule has 0 amide bonds. The highest BCUT2D eigenvalue weighted by molar-refractivity contribution is 7.98. The summed E-state index contributed by atoms with van der Waals surface area (Å²) in [6, 6.07) is 8.00. The van der Waals surface area contributed by atoms with E-state index < -0.39 is 0 Å². The molecule has 0 unspecified atom stereocenters. The number of aryl methyl sites for hydroxylation is 1. The van der Waals surface area contributed by atoms with Crippen LogP contribution in [0.25, 0.3) is 0 Å². The van der Waals surface area contributed by atoms with Crippen LogP contribution in [0.15, 0.2) is 41.7 Å². The van der Waals surface area contributed by atoms with Gasteiger partial charge in [-0.05, 0) is 24.6 Å². The summed E-state index contributed by atoms with van der Waals surface area (Å²) in [5.41, 5.74) is 2.19. The van der Waals surface area contributed by atoms with Crippen molar-refractivity contribution in [1.29, 1.82) is 0 Å². The molecule has 0 aliphatic rings. The maximum absolute atomic E-state index is 8.96. The van der Waals surface area contributed by atoms with E-state index in [1.807, 2.05) is 36.8 Å².